The van der Waals surface area contributed by atoms with E-state index in [1.165, 1.54) is 0 Å². The highest BCUT2D eigenvalue weighted by molar-refractivity contribution is 7.07. The molecule has 5 nitrogen and oxygen atoms in total. The van der Waals surface area contributed by atoms with Crippen LogP contribution >= 0.6 is 11.3 Å². The number of fused-ring (bicyclic) bond motifs is 1. The van der Waals surface area contributed by atoms with Crippen LogP contribution in [0.4, 0.5) is 0 Å². The largest absolute Gasteiger partial charge is 0.348 e. The summed E-state index contributed by atoms with van der Waals surface area (Å²) < 4.78 is 1.87. The van der Waals surface area contributed by atoms with Gasteiger partial charge in [0.15, 0.2) is 5.65 Å². The lowest BCUT2D eigenvalue weighted by molar-refractivity contribution is 0.0952. The molecule has 1 amide bonds. The van der Waals surface area contributed by atoms with E-state index in [0.29, 0.717) is 12.1 Å². The minimum absolute atomic E-state index is 0.114. The highest BCUT2D eigenvalue weighted by atomic mass is 32.1. The van der Waals surface area contributed by atoms with Gasteiger partial charge in [-0.3, -0.25) is 4.79 Å². The molecule has 0 unspecified atom stereocenters. The molecule has 1 N–H and O–H groups in total. The van der Waals surface area contributed by atoms with Crippen LogP contribution in [0, 0.1) is 6.92 Å². The second-order valence-corrected chi connectivity index (χ2v) is 7.88. The Hall–Kier alpha value is -2.99. The molecule has 0 spiro atoms. The monoisotopic (exact) mass is 390 g/mol. The molecule has 0 atom stereocenters. The minimum Gasteiger partial charge on any atom is -0.348 e. The molecule has 0 saturated heterocycles. The fourth-order valence-corrected chi connectivity index (χ4v) is 3.92. The van der Waals surface area contributed by atoms with Crippen LogP contribution in [0.25, 0.3) is 22.3 Å². The Balaban J connectivity index is 1.82. The molecule has 0 fully saturated rings. The lowest BCUT2D eigenvalue weighted by Crippen LogP contribution is -2.23. The number of hydrogen-bond acceptors (Lipinski definition) is 4. The molecule has 1 aromatic carbocycles. The maximum absolute atomic E-state index is 13.0. The first-order valence-electron chi connectivity index (χ1n) is 9.28. The molecule has 4 rings (SSSR count). The average molecular weight is 391 g/mol. The molecule has 0 bridgehead atoms. The fraction of sp³-hybridized carbons (Fsp3) is 0.227. The standard InChI is InChI=1S/C22H22N4OS/c1-14(2)26-21-19(12-24-26)18(22(27)23-11-16-8-9-28-13-16)10-20(25-21)17-7-5-4-6-15(17)3/h4-10,12-14H,11H2,1-3H3,(H,23,27). The summed E-state index contributed by atoms with van der Waals surface area (Å²) in [5.74, 6) is -0.114. The van der Waals surface area contributed by atoms with E-state index in [0.717, 1.165) is 33.4 Å². The number of aryl methyl sites for hydroxylation is 1. The maximum atomic E-state index is 13.0. The van der Waals surface area contributed by atoms with Crippen molar-refractivity contribution in [1.82, 2.24) is 20.1 Å². The topological polar surface area (TPSA) is 59.8 Å². The Morgan fingerprint density at radius 1 is 1.25 bits per heavy atom. The zero-order valence-corrected chi connectivity index (χ0v) is 17.0. The first kappa shape index (κ1) is 18.4. The van der Waals surface area contributed by atoms with Crippen LogP contribution in [-0.2, 0) is 6.54 Å². The first-order chi connectivity index (χ1) is 13.5. The van der Waals surface area contributed by atoms with E-state index in [4.69, 9.17) is 4.98 Å². The first-order valence-corrected chi connectivity index (χ1v) is 10.2. The number of rotatable bonds is 5. The molecular weight excluding hydrogens is 368 g/mol. The Morgan fingerprint density at radius 2 is 2.07 bits per heavy atom. The van der Waals surface area contributed by atoms with Crippen molar-refractivity contribution in [1.29, 1.82) is 0 Å². The molecule has 0 aliphatic heterocycles. The smallest absolute Gasteiger partial charge is 0.252 e. The van der Waals surface area contributed by atoms with Gasteiger partial charge in [-0.1, -0.05) is 24.3 Å². The van der Waals surface area contributed by atoms with E-state index in [9.17, 15) is 4.79 Å². The average Bonchev–Trinajstić information content (AvgIpc) is 3.35. The van der Waals surface area contributed by atoms with E-state index in [2.05, 4.69) is 37.3 Å². The number of thiophene rings is 1. The normalized spacial score (nSPS) is 11.3. The number of carbonyl (C=O) groups is 1. The van der Waals surface area contributed by atoms with Crippen molar-refractivity contribution in [3.8, 4) is 11.3 Å². The second kappa shape index (κ2) is 7.56. The van der Waals surface area contributed by atoms with Crippen molar-refractivity contribution < 1.29 is 4.79 Å². The zero-order chi connectivity index (χ0) is 19.7. The molecule has 142 valence electrons. The van der Waals surface area contributed by atoms with Crippen LogP contribution in [0.3, 0.4) is 0 Å². The predicted molar refractivity (Wildman–Crippen MR) is 114 cm³/mol. The molecule has 0 saturated carbocycles. The van der Waals surface area contributed by atoms with Gasteiger partial charge in [0.1, 0.15) is 0 Å². The molecule has 0 aliphatic rings. The van der Waals surface area contributed by atoms with Crippen molar-refractivity contribution in [3.05, 3.63) is 70.0 Å². The molecule has 3 heterocycles. The number of carbonyl (C=O) groups excluding carboxylic acids is 1. The van der Waals surface area contributed by atoms with Gasteiger partial charge in [0.2, 0.25) is 0 Å². The Bertz CT molecular complexity index is 1130. The molecule has 0 aliphatic carbocycles. The summed E-state index contributed by atoms with van der Waals surface area (Å²) in [6.45, 7) is 6.68. The van der Waals surface area contributed by atoms with Crippen molar-refractivity contribution >= 4 is 28.3 Å². The van der Waals surface area contributed by atoms with E-state index in [1.54, 1.807) is 17.5 Å². The highest BCUT2D eigenvalue weighted by Crippen LogP contribution is 2.28. The van der Waals surface area contributed by atoms with Gasteiger partial charge in [0, 0.05) is 18.2 Å². The maximum Gasteiger partial charge on any atom is 0.252 e. The number of nitrogens with zero attached hydrogens (tertiary/aromatic N) is 3. The summed E-state index contributed by atoms with van der Waals surface area (Å²) in [6.07, 6.45) is 1.74. The van der Waals surface area contributed by atoms with Crippen molar-refractivity contribution in [2.24, 2.45) is 0 Å². The Labute approximate surface area is 168 Å². The highest BCUT2D eigenvalue weighted by Gasteiger charge is 2.19. The Morgan fingerprint density at radius 3 is 2.79 bits per heavy atom. The number of hydrogen-bond donors (Lipinski definition) is 1. The van der Waals surface area contributed by atoms with Crippen LogP contribution < -0.4 is 5.32 Å². The van der Waals surface area contributed by atoms with Gasteiger partial charge in [-0.15, -0.1) is 0 Å². The molecule has 4 aromatic rings. The third-order valence-electron chi connectivity index (χ3n) is 4.75. The number of nitrogens with one attached hydrogen (secondary N) is 1. The number of aromatic nitrogens is 3. The van der Waals surface area contributed by atoms with E-state index in [-0.39, 0.29) is 11.9 Å². The van der Waals surface area contributed by atoms with Gasteiger partial charge in [-0.05, 0) is 54.8 Å². The van der Waals surface area contributed by atoms with Gasteiger partial charge in [0.25, 0.3) is 5.91 Å². The van der Waals surface area contributed by atoms with Crippen LogP contribution in [0.15, 0.2) is 53.4 Å². The molecule has 6 heteroatoms. The van der Waals surface area contributed by atoms with Crippen LogP contribution in [0.5, 0.6) is 0 Å². The minimum atomic E-state index is -0.114. The SMILES string of the molecule is Cc1ccccc1-c1cc(C(=O)NCc2ccsc2)c2cnn(C(C)C)c2n1. The fourth-order valence-electron chi connectivity index (χ4n) is 3.25. The van der Waals surface area contributed by atoms with Gasteiger partial charge < -0.3 is 5.32 Å². The van der Waals surface area contributed by atoms with Crippen LogP contribution in [-0.4, -0.2) is 20.7 Å². The third-order valence-corrected chi connectivity index (χ3v) is 5.49. The summed E-state index contributed by atoms with van der Waals surface area (Å²) in [7, 11) is 0. The second-order valence-electron chi connectivity index (χ2n) is 7.10. The summed E-state index contributed by atoms with van der Waals surface area (Å²) in [6, 6.07) is 12.1. The number of pyridine rings is 1. The van der Waals surface area contributed by atoms with E-state index >= 15 is 0 Å². The molecule has 3 aromatic heterocycles. The van der Waals surface area contributed by atoms with Gasteiger partial charge in [0.05, 0.1) is 22.8 Å². The molecule has 28 heavy (non-hydrogen) atoms. The van der Waals surface area contributed by atoms with Crippen LogP contribution in [0.1, 0.15) is 41.4 Å². The number of benzene rings is 1. The van der Waals surface area contributed by atoms with E-state index in [1.807, 2.05) is 45.8 Å². The summed E-state index contributed by atoms with van der Waals surface area (Å²) >= 11 is 1.62. The lowest BCUT2D eigenvalue weighted by Gasteiger charge is -2.12. The van der Waals surface area contributed by atoms with Crippen molar-refractivity contribution in [2.75, 3.05) is 0 Å². The van der Waals surface area contributed by atoms with E-state index < -0.39 is 0 Å². The van der Waals surface area contributed by atoms with Crippen molar-refractivity contribution in [2.45, 2.75) is 33.4 Å². The zero-order valence-electron chi connectivity index (χ0n) is 16.1. The van der Waals surface area contributed by atoms with Gasteiger partial charge in [-0.2, -0.15) is 16.4 Å². The summed E-state index contributed by atoms with van der Waals surface area (Å²) in [4.78, 5) is 17.9. The number of amides is 1. The predicted octanol–water partition coefficient (Wildman–Crippen LogP) is 4.98. The molecule has 0 radical (unpaired) electrons. The third kappa shape index (κ3) is 3.43. The Kier molecular flexibility index (Phi) is 4.96. The quantitative estimate of drug-likeness (QED) is 0.523. The van der Waals surface area contributed by atoms with Crippen molar-refractivity contribution in [3.63, 3.8) is 0 Å². The van der Waals surface area contributed by atoms with Crippen LogP contribution in [0.2, 0.25) is 0 Å². The molecular formula is C22H22N4OS. The van der Waals surface area contributed by atoms with Gasteiger partial charge >= 0.3 is 0 Å². The summed E-state index contributed by atoms with van der Waals surface area (Å²) in [5, 5.41) is 12.3. The van der Waals surface area contributed by atoms with Gasteiger partial charge in [-0.25, -0.2) is 9.67 Å². The lowest BCUT2D eigenvalue weighted by atomic mass is 10.0. The summed E-state index contributed by atoms with van der Waals surface area (Å²) in [5.41, 5.74) is 5.36.